The zero-order chi connectivity index (χ0) is 17.5. The first-order chi connectivity index (χ1) is 12.2. The first-order valence-corrected chi connectivity index (χ1v) is 9.04. The van der Waals surface area contributed by atoms with E-state index in [-0.39, 0.29) is 24.2 Å². The highest BCUT2D eigenvalue weighted by molar-refractivity contribution is 6.32. The molecule has 0 spiro atoms. The van der Waals surface area contributed by atoms with Gasteiger partial charge >= 0.3 is 0 Å². The monoisotopic (exact) mass is 394 g/mol. The number of piperidine rings is 1. The Kier molecular flexibility index (Phi) is 8.23. The van der Waals surface area contributed by atoms with Crippen LogP contribution in [-0.4, -0.2) is 19.0 Å². The fourth-order valence-corrected chi connectivity index (χ4v) is 3.19. The van der Waals surface area contributed by atoms with Crippen molar-refractivity contribution in [1.29, 1.82) is 0 Å². The number of hydrogen-bond donors (Lipinski definition) is 2. The summed E-state index contributed by atoms with van der Waals surface area (Å²) in [5.41, 5.74) is 2.12. The van der Waals surface area contributed by atoms with E-state index in [0.717, 1.165) is 37.1 Å². The SMILES string of the molecule is Cl.O=C(NCc1ccccc1COc1ccccc1Cl)C1CCNCC1. The topological polar surface area (TPSA) is 50.4 Å². The third-order valence-electron chi connectivity index (χ3n) is 4.50. The number of halogens is 2. The van der Waals surface area contributed by atoms with Gasteiger partial charge in [-0.25, -0.2) is 0 Å². The Balaban J connectivity index is 0.00000243. The molecule has 4 nitrogen and oxygen atoms in total. The summed E-state index contributed by atoms with van der Waals surface area (Å²) in [7, 11) is 0. The third kappa shape index (κ3) is 5.63. The molecule has 1 aliphatic rings. The third-order valence-corrected chi connectivity index (χ3v) is 4.81. The van der Waals surface area contributed by atoms with Crippen LogP contribution in [0.25, 0.3) is 0 Å². The molecule has 1 saturated heterocycles. The van der Waals surface area contributed by atoms with E-state index in [4.69, 9.17) is 16.3 Å². The van der Waals surface area contributed by atoms with Crippen LogP contribution in [0, 0.1) is 5.92 Å². The minimum Gasteiger partial charge on any atom is -0.487 e. The minimum atomic E-state index is 0. The van der Waals surface area contributed by atoms with Crippen molar-refractivity contribution in [2.75, 3.05) is 13.1 Å². The Morgan fingerprint density at radius 2 is 1.73 bits per heavy atom. The molecule has 0 aliphatic carbocycles. The van der Waals surface area contributed by atoms with E-state index >= 15 is 0 Å². The number of hydrogen-bond acceptors (Lipinski definition) is 3. The molecule has 0 atom stereocenters. The average Bonchev–Trinajstić information content (AvgIpc) is 2.67. The number of carbonyl (C=O) groups is 1. The Morgan fingerprint density at radius 1 is 1.08 bits per heavy atom. The van der Waals surface area contributed by atoms with E-state index in [1.54, 1.807) is 0 Å². The molecule has 0 bridgehead atoms. The normalized spacial score (nSPS) is 14.3. The lowest BCUT2D eigenvalue weighted by atomic mass is 9.97. The second kappa shape index (κ2) is 10.4. The van der Waals surface area contributed by atoms with Gasteiger partial charge in [0.05, 0.1) is 5.02 Å². The fraction of sp³-hybridized carbons (Fsp3) is 0.350. The van der Waals surface area contributed by atoms with Gasteiger partial charge in [-0.3, -0.25) is 4.79 Å². The maximum absolute atomic E-state index is 12.3. The quantitative estimate of drug-likeness (QED) is 0.779. The van der Waals surface area contributed by atoms with Crippen LogP contribution >= 0.6 is 24.0 Å². The Morgan fingerprint density at radius 3 is 2.46 bits per heavy atom. The van der Waals surface area contributed by atoms with Gasteiger partial charge in [-0.1, -0.05) is 48.0 Å². The van der Waals surface area contributed by atoms with Gasteiger partial charge in [0.1, 0.15) is 12.4 Å². The van der Waals surface area contributed by atoms with Gasteiger partial charge in [-0.2, -0.15) is 0 Å². The Labute approximate surface area is 165 Å². The second-order valence-corrected chi connectivity index (χ2v) is 6.64. The van der Waals surface area contributed by atoms with Crippen molar-refractivity contribution in [1.82, 2.24) is 10.6 Å². The van der Waals surface area contributed by atoms with Gasteiger partial charge in [0.15, 0.2) is 0 Å². The molecule has 6 heteroatoms. The van der Waals surface area contributed by atoms with Crippen LogP contribution in [0.3, 0.4) is 0 Å². The second-order valence-electron chi connectivity index (χ2n) is 6.23. The lowest BCUT2D eigenvalue weighted by molar-refractivity contribution is -0.125. The molecule has 3 rings (SSSR count). The smallest absolute Gasteiger partial charge is 0.223 e. The van der Waals surface area contributed by atoms with Gasteiger partial charge in [0, 0.05) is 12.5 Å². The first-order valence-electron chi connectivity index (χ1n) is 8.66. The summed E-state index contributed by atoms with van der Waals surface area (Å²) in [5, 5.41) is 6.95. The molecule has 140 valence electrons. The highest BCUT2D eigenvalue weighted by Gasteiger charge is 2.20. The molecule has 0 saturated carbocycles. The van der Waals surface area contributed by atoms with E-state index in [9.17, 15) is 4.79 Å². The maximum Gasteiger partial charge on any atom is 0.223 e. The van der Waals surface area contributed by atoms with Crippen LogP contribution < -0.4 is 15.4 Å². The van der Waals surface area contributed by atoms with Gasteiger partial charge in [0.2, 0.25) is 5.91 Å². The van der Waals surface area contributed by atoms with Gasteiger partial charge in [-0.05, 0) is 49.2 Å². The predicted octanol–water partition coefficient (Wildman–Crippen LogP) is 3.96. The van der Waals surface area contributed by atoms with E-state index in [1.165, 1.54) is 0 Å². The highest BCUT2D eigenvalue weighted by atomic mass is 35.5. The lowest BCUT2D eigenvalue weighted by Gasteiger charge is -2.22. The molecule has 0 radical (unpaired) electrons. The standard InChI is InChI=1S/C20H23ClN2O2.ClH/c21-18-7-3-4-8-19(18)25-14-17-6-2-1-5-16(17)13-23-20(24)15-9-11-22-12-10-15;/h1-8,15,22H,9-14H2,(H,23,24);1H. The van der Waals surface area contributed by atoms with Crippen LogP contribution in [0.15, 0.2) is 48.5 Å². The van der Waals surface area contributed by atoms with Gasteiger partial charge in [-0.15, -0.1) is 12.4 Å². The molecular weight excluding hydrogens is 371 g/mol. The molecule has 1 amide bonds. The lowest BCUT2D eigenvalue weighted by Crippen LogP contribution is -2.38. The van der Waals surface area contributed by atoms with E-state index < -0.39 is 0 Å². The summed E-state index contributed by atoms with van der Waals surface area (Å²) in [5.74, 6) is 0.925. The number of rotatable bonds is 6. The van der Waals surface area contributed by atoms with Crippen molar-refractivity contribution in [2.24, 2.45) is 5.92 Å². The van der Waals surface area contributed by atoms with Crippen molar-refractivity contribution in [3.8, 4) is 5.75 Å². The molecule has 26 heavy (non-hydrogen) atoms. The predicted molar refractivity (Wildman–Crippen MR) is 107 cm³/mol. The number of benzene rings is 2. The molecule has 2 N–H and O–H groups in total. The zero-order valence-electron chi connectivity index (χ0n) is 14.5. The van der Waals surface area contributed by atoms with Crippen molar-refractivity contribution in [3.63, 3.8) is 0 Å². The van der Waals surface area contributed by atoms with E-state index in [2.05, 4.69) is 10.6 Å². The number of para-hydroxylation sites is 1. The Bertz CT molecular complexity index is 718. The molecular formula is C20H24Cl2N2O2. The van der Waals surface area contributed by atoms with Crippen molar-refractivity contribution < 1.29 is 9.53 Å². The molecule has 2 aromatic rings. The van der Waals surface area contributed by atoms with E-state index in [1.807, 2.05) is 48.5 Å². The summed E-state index contributed by atoms with van der Waals surface area (Å²) in [6.45, 7) is 2.77. The van der Waals surface area contributed by atoms with Crippen LogP contribution in [0.5, 0.6) is 5.75 Å². The van der Waals surface area contributed by atoms with Crippen molar-refractivity contribution >= 4 is 29.9 Å². The molecule has 1 aliphatic heterocycles. The minimum absolute atomic E-state index is 0. The molecule has 0 aromatic heterocycles. The van der Waals surface area contributed by atoms with Crippen LogP contribution in [0.1, 0.15) is 24.0 Å². The van der Waals surface area contributed by atoms with Crippen LogP contribution in [-0.2, 0) is 17.9 Å². The van der Waals surface area contributed by atoms with Crippen molar-refractivity contribution in [3.05, 3.63) is 64.7 Å². The van der Waals surface area contributed by atoms with E-state index in [0.29, 0.717) is 23.9 Å². The number of amides is 1. The maximum atomic E-state index is 12.3. The molecule has 2 aromatic carbocycles. The fourth-order valence-electron chi connectivity index (χ4n) is 3.00. The van der Waals surface area contributed by atoms with Crippen LogP contribution in [0.4, 0.5) is 0 Å². The van der Waals surface area contributed by atoms with Gasteiger partial charge < -0.3 is 15.4 Å². The molecule has 1 heterocycles. The largest absolute Gasteiger partial charge is 0.487 e. The number of nitrogens with one attached hydrogen (secondary N) is 2. The average molecular weight is 395 g/mol. The van der Waals surface area contributed by atoms with Crippen molar-refractivity contribution in [2.45, 2.75) is 26.0 Å². The summed E-state index contributed by atoms with van der Waals surface area (Å²) in [4.78, 5) is 12.3. The summed E-state index contributed by atoms with van der Waals surface area (Å²) in [6.07, 6.45) is 1.81. The molecule has 0 unspecified atom stereocenters. The first kappa shape index (κ1) is 20.6. The van der Waals surface area contributed by atoms with Gasteiger partial charge in [0.25, 0.3) is 0 Å². The highest BCUT2D eigenvalue weighted by Crippen LogP contribution is 2.24. The molecule has 1 fully saturated rings. The number of carbonyl (C=O) groups excluding carboxylic acids is 1. The zero-order valence-corrected chi connectivity index (χ0v) is 16.1. The summed E-state index contributed by atoms with van der Waals surface area (Å²) >= 11 is 6.13. The van der Waals surface area contributed by atoms with Crippen LogP contribution in [0.2, 0.25) is 5.02 Å². The summed E-state index contributed by atoms with van der Waals surface area (Å²) < 4.78 is 5.83. The summed E-state index contributed by atoms with van der Waals surface area (Å²) in [6, 6.07) is 15.4. The number of ether oxygens (including phenoxy) is 1. The Hall–Kier alpha value is -1.75.